The molecule has 2 N–H and O–H groups in total. The number of nitrogens with zero attached hydrogens (tertiary/aromatic N) is 1. The number of aryl methyl sites for hydroxylation is 1. The van der Waals surface area contributed by atoms with E-state index < -0.39 is 23.4 Å². The van der Waals surface area contributed by atoms with Gasteiger partial charge in [-0.3, -0.25) is 14.5 Å². The average molecular weight is 424 g/mol. The SMILES string of the molecule is CCCc1ccc([C@@]2(C)NC(=O)N(CC(=O)N[C@H](C)c3ccccc3OC)C2=O)cc1. The zero-order chi connectivity index (χ0) is 22.6. The first-order chi connectivity index (χ1) is 14.8. The van der Waals surface area contributed by atoms with Crippen LogP contribution < -0.4 is 15.4 Å². The van der Waals surface area contributed by atoms with Gasteiger partial charge in [-0.25, -0.2) is 4.79 Å². The van der Waals surface area contributed by atoms with E-state index in [-0.39, 0.29) is 12.6 Å². The molecule has 0 aliphatic carbocycles. The van der Waals surface area contributed by atoms with Crippen molar-refractivity contribution in [1.82, 2.24) is 15.5 Å². The molecule has 0 saturated carbocycles. The van der Waals surface area contributed by atoms with E-state index >= 15 is 0 Å². The van der Waals surface area contributed by atoms with Gasteiger partial charge in [-0.2, -0.15) is 0 Å². The minimum Gasteiger partial charge on any atom is -0.496 e. The van der Waals surface area contributed by atoms with Crippen LogP contribution in [-0.4, -0.2) is 36.4 Å². The van der Waals surface area contributed by atoms with E-state index in [2.05, 4.69) is 17.6 Å². The van der Waals surface area contributed by atoms with Crippen LogP contribution in [0.3, 0.4) is 0 Å². The first-order valence-corrected chi connectivity index (χ1v) is 10.5. The van der Waals surface area contributed by atoms with Gasteiger partial charge in [0.25, 0.3) is 5.91 Å². The lowest BCUT2D eigenvalue weighted by molar-refractivity contribution is -0.135. The van der Waals surface area contributed by atoms with Gasteiger partial charge in [-0.05, 0) is 37.5 Å². The summed E-state index contributed by atoms with van der Waals surface area (Å²) in [5.41, 5.74) is 1.48. The van der Waals surface area contributed by atoms with Gasteiger partial charge in [-0.1, -0.05) is 55.8 Å². The second kappa shape index (κ2) is 9.20. The summed E-state index contributed by atoms with van der Waals surface area (Å²) in [6, 6.07) is 14.1. The van der Waals surface area contributed by atoms with Crippen molar-refractivity contribution in [3.05, 3.63) is 65.2 Å². The number of rotatable bonds is 8. The third-order valence-electron chi connectivity index (χ3n) is 5.63. The van der Waals surface area contributed by atoms with E-state index in [1.807, 2.05) is 55.5 Å². The van der Waals surface area contributed by atoms with Crippen molar-refractivity contribution >= 4 is 17.8 Å². The van der Waals surface area contributed by atoms with Crippen LogP contribution in [0.4, 0.5) is 4.79 Å². The molecule has 0 unspecified atom stereocenters. The normalized spacial score (nSPS) is 19.2. The predicted molar refractivity (Wildman–Crippen MR) is 118 cm³/mol. The molecule has 3 rings (SSSR count). The van der Waals surface area contributed by atoms with Crippen LogP contribution in [-0.2, 0) is 21.5 Å². The topological polar surface area (TPSA) is 87.7 Å². The highest BCUT2D eigenvalue weighted by Crippen LogP contribution is 2.29. The predicted octanol–water partition coefficient (Wildman–Crippen LogP) is 3.29. The molecule has 164 valence electrons. The van der Waals surface area contributed by atoms with Gasteiger partial charge in [0, 0.05) is 5.56 Å². The third-order valence-corrected chi connectivity index (χ3v) is 5.63. The molecule has 2 atom stereocenters. The van der Waals surface area contributed by atoms with E-state index in [9.17, 15) is 14.4 Å². The van der Waals surface area contributed by atoms with Gasteiger partial charge in [0.15, 0.2) is 0 Å². The maximum atomic E-state index is 13.1. The fraction of sp³-hybridized carbons (Fsp3) is 0.375. The smallest absolute Gasteiger partial charge is 0.325 e. The number of hydrogen-bond acceptors (Lipinski definition) is 4. The monoisotopic (exact) mass is 423 g/mol. The van der Waals surface area contributed by atoms with Crippen LogP contribution in [0, 0.1) is 0 Å². The van der Waals surface area contributed by atoms with Crippen molar-refractivity contribution in [3.8, 4) is 5.75 Å². The standard InChI is InChI=1S/C24H29N3O4/c1-5-8-17-11-13-18(14-12-17)24(3)22(29)27(23(30)26-24)15-21(28)25-16(2)19-9-6-7-10-20(19)31-4/h6-7,9-14,16H,5,8,15H2,1-4H3,(H,25,28)(H,26,30)/t16-,24-/m1/s1. The minimum atomic E-state index is -1.20. The number of methoxy groups -OCH3 is 1. The summed E-state index contributed by atoms with van der Waals surface area (Å²) >= 11 is 0. The molecule has 0 spiro atoms. The van der Waals surface area contributed by atoms with E-state index in [4.69, 9.17) is 4.74 Å². The van der Waals surface area contributed by atoms with Crippen LogP contribution >= 0.6 is 0 Å². The Hall–Kier alpha value is -3.35. The van der Waals surface area contributed by atoms with Gasteiger partial charge < -0.3 is 15.4 Å². The Kier molecular flexibility index (Phi) is 6.63. The molecule has 7 heteroatoms. The number of benzene rings is 2. The molecule has 0 radical (unpaired) electrons. The summed E-state index contributed by atoms with van der Waals surface area (Å²) in [6.45, 7) is 5.24. The second-order valence-corrected chi connectivity index (χ2v) is 7.92. The van der Waals surface area contributed by atoms with E-state index in [0.29, 0.717) is 11.3 Å². The Balaban J connectivity index is 1.70. The molecule has 1 fully saturated rings. The van der Waals surface area contributed by atoms with Crippen molar-refractivity contribution < 1.29 is 19.1 Å². The Morgan fingerprint density at radius 3 is 2.48 bits per heavy atom. The maximum absolute atomic E-state index is 13.1. The molecule has 1 saturated heterocycles. The van der Waals surface area contributed by atoms with Gasteiger partial charge in [0.1, 0.15) is 17.8 Å². The van der Waals surface area contributed by atoms with Crippen LogP contribution in [0.5, 0.6) is 5.75 Å². The van der Waals surface area contributed by atoms with Crippen molar-refractivity contribution in [2.45, 2.75) is 45.2 Å². The van der Waals surface area contributed by atoms with Crippen molar-refractivity contribution in [1.29, 1.82) is 0 Å². The summed E-state index contributed by atoms with van der Waals surface area (Å²) < 4.78 is 5.34. The van der Waals surface area contributed by atoms with Gasteiger partial charge in [0.2, 0.25) is 5.91 Å². The van der Waals surface area contributed by atoms with Crippen molar-refractivity contribution in [2.24, 2.45) is 0 Å². The zero-order valence-corrected chi connectivity index (χ0v) is 18.4. The molecule has 7 nitrogen and oxygen atoms in total. The Bertz CT molecular complexity index is 973. The second-order valence-electron chi connectivity index (χ2n) is 7.92. The van der Waals surface area contributed by atoms with Crippen LogP contribution in [0.15, 0.2) is 48.5 Å². The number of para-hydroxylation sites is 1. The number of ether oxygens (including phenoxy) is 1. The molecular formula is C24H29N3O4. The molecule has 2 aromatic rings. The summed E-state index contributed by atoms with van der Waals surface area (Å²) in [6.07, 6.45) is 1.98. The number of nitrogens with one attached hydrogen (secondary N) is 2. The van der Waals surface area contributed by atoms with E-state index in [1.165, 1.54) is 5.56 Å². The van der Waals surface area contributed by atoms with Crippen molar-refractivity contribution in [3.63, 3.8) is 0 Å². The molecule has 0 bridgehead atoms. The first-order valence-electron chi connectivity index (χ1n) is 10.5. The fourth-order valence-corrected chi connectivity index (χ4v) is 3.86. The maximum Gasteiger partial charge on any atom is 0.325 e. The molecule has 0 aromatic heterocycles. The lowest BCUT2D eigenvalue weighted by Crippen LogP contribution is -2.43. The van der Waals surface area contributed by atoms with Crippen LogP contribution in [0.1, 0.15) is 49.9 Å². The van der Waals surface area contributed by atoms with Gasteiger partial charge in [-0.15, -0.1) is 0 Å². The number of hydrogen-bond donors (Lipinski definition) is 2. The molecule has 4 amide bonds. The Morgan fingerprint density at radius 2 is 1.84 bits per heavy atom. The lowest BCUT2D eigenvalue weighted by Gasteiger charge is -2.23. The third kappa shape index (κ3) is 4.55. The summed E-state index contributed by atoms with van der Waals surface area (Å²) in [5.74, 6) is -0.213. The molecule has 2 aromatic carbocycles. The molecule has 1 aliphatic rings. The molecule has 1 aliphatic heterocycles. The van der Waals surface area contributed by atoms with Crippen molar-refractivity contribution in [2.75, 3.05) is 13.7 Å². The highest BCUT2D eigenvalue weighted by atomic mass is 16.5. The lowest BCUT2D eigenvalue weighted by atomic mass is 9.91. The number of imide groups is 1. The first kappa shape index (κ1) is 22.3. The minimum absolute atomic E-state index is 0.345. The Labute approximate surface area is 182 Å². The summed E-state index contributed by atoms with van der Waals surface area (Å²) in [5, 5.41) is 5.58. The molecular weight excluding hydrogens is 394 g/mol. The van der Waals surface area contributed by atoms with Crippen LogP contribution in [0.2, 0.25) is 0 Å². The number of carbonyl (C=O) groups is 3. The van der Waals surface area contributed by atoms with E-state index in [0.717, 1.165) is 23.3 Å². The summed E-state index contributed by atoms with van der Waals surface area (Å²) in [4.78, 5) is 39.2. The zero-order valence-electron chi connectivity index (χ0n) is 18.4. The van der Waals surface area contributed by atoms with Gasteiger partial charge >= 0.3 is 6.03 Å². The van der Waals surface area contributed by atoms with Gasteiger partial charge in [0.05, 0.1) is 13.2 Å². The summed E-state index contributed by atoms with van der Waals surface area (Å²) in [7, 11) is 1.57. The van der Waals surface area contributed by atoms with E-state index in [1.54, 1.807) is 14.0 Å². The average Bonchev–Trinajstić information content (AvgIpc) is 2.98. The molecule has 31 heavy (non-hydrogen) atoms. The number of amides is 4. The number of carbonyl (C=O) groups excluding carboxylic acids is 3. The van der Waals surface area contributed by atoms with Crippen LogP contribution in [0.25, 0.3) is 0 Å². The fourth-order valence-electron chi connectivity index (χ4n) is 3.86. The highest BCUT2D eigenvalue weighted by molar-refractivity contribution is 6.09. The quantitative estimate of drug-likeness (QED) is 0.638. The Morgan fingerprint density at radius 1 is 1.16 bits per heavy atom. The highest BCUT2D eigenvalue weighted by Gasteiger charge is 2.49. The number of urea groups is 1. The molecule has 1 heterocycles. The largest absolute Gasteiger partial charge is 0.496 e.